The Kier molecular flexibility index (Phi) is 4.93. The van der Waals surface area contributed by atoms with E-state index < -0.39 is 5.97 Å². The minimum absolute atomic E-state index is 0.148. The van der Waals surface area contributed by atoms with Gasteiger partial charge in [-0.25, -0.2) is 4.98 Å². The van der Waals surface area contributed by atoms with Gasteiger partial charge in [-0.2, -0.15) is 0 Å². The molecule has 0 aliphatic carbocycles. The molecule has 0 bridgehead atoms. The lowest BCUT2D eigenvalue weighted by Crippen LogP contribution is -2.32. The molecule has 0 spiro atoms. The Bertz CT molecular complexity index is 374. The number of carboxylic acids is 1. The SMILES string of the molecule is CC(C)c1csc(N(CCC(=O)O)C(C)C)n1. The van der Waals surface area contributed by atoms with Crippen LogP contribution in [0.15, 0.2) is 5.38 Å². The fraction of sp³-hybridized carbons (Fsp3) is 0.667. The third-order valence-corrected chi connectivity index (χ3v) is 3.43. The molecule has 0 saturated heterocycles. The number of aliphatic carboxylic acids is 1. The van der Waals surface area contributed by atoms with Gasteiger partial charge in [0.15, 0.2) is 5.13 Å². The van der Waals surface area contributed by atoms with E-state index in [0.29, 0.717) is 12.5 Å². The highest BCUT2D eigenvalue weighted by Crippen LogP contribution is 2.26. The minimum atomic E-state index is -0.767. The molecule has 0 radical (unpaired) electrons. The van der Waals surface area contributed by atoms with Crippen LogP contribution < -0.4 is 4.90 Å². The van der Waals surface area contributed by atoms with E-state index in [1.807, 2.05) is 4.90 Å². The molecule has 0 aliphatic rings. The number of aromatic nitrogens is 1. The van der Waals surface area contributed by atoms with E-state index in [2.05, 4.69) is 38.1 Å². The lowest BCUT2D eigenvalue weighted by molar-refractivity contribution is -0.136. The van der Waals surface area contributed by atoms with E-state index in [9.17, 15) is 4.79 Å². The first-order valence-electron chi connectivity index (χ1n) is 5.85. The maximum atomic E-state index is 10.6. The van der Waals surface area contributed by atoms with Gasteiger partial charge in [-0.1, -0.05) is 13.8 Å². The fourth-order valence-corrected chi connectivity index (χ4v) is 2.61. The van der Waals surface area contributed by atoms with Crippen LogP contribution in [0.2, 0.25) is 0 Å². The Hall–Kier alpha value is -1.10. The van der Waals surface area contributed by atoms with E-state index in [1.54, 1.807) is 11.3 Å². The molecule has 0 aliphatic heterocycles. The maximum Gasteiger partial charge on any atom is 0.305 e. The van der Waals surface area contributed by atoms with E-state index in [1.165, 1.54) is 0 Å². The molecule has 0 fully saturated rings. The molecule has 5 heteroatoms. The Labute approximate surface area is 106 Å². The summed E-state index contributed by atoms with van der Waals surface area (Å²) in [6.45, 7) is 8.83. The van der Waals surface area contributed by atoms with Gasteiger partial charge in [0.2, 0.25) is 0 Å². The van der Waals surface area contributed by atoms with Crippen molar-refractivity contribution in [3.8, 4) is 0 Å². The van der Waals surface area contributed by atoms with Crippen molar-refractivity contribution < 1.29 is 9.90 Å². The van der Waals surface area contributed by atoms with Crippen molar-refractivity contribution in [3.05, 3.63) is 11.1 Å². The molecule has 96 valence electrons. The second-order valence-corrected chi connectivity index (χ2v) is 5.48. The summed E-state index contributed by atoms with van der Waals surface area (Å²) < 4.78 is 0. The van der Waals surface area contributed by atoms with Crippen LogP contribution in [-0.4, -0.2) is 28.6 Å². The van der Waals surface area contributed by atoms with Crippen molar-refractivity contribution in [2.45, 2.75) is 46.1 Å². The molecule has 0 amide bonds. The van der Waals surface area contributed by atoms with Gasteiger partial charge in [0.25, 0.3) is 0 Å². The third kappa shape index (κ3) is 4.00. The van der Waals surface area contributed by atoms with Gasteiger partial charge >= 0.3 is 5.97 Å². The largest absolute Gasteiger partial charge is 0.481 e. The van der Waals surface area contributed by atoms with Crippen LogP contribution in [0.25, 0.3) is 0 Å². The number of carbonyl (C=O) groups is 1. The number of nitrogens with zero attached hydrogens (tertiary/aromatic N) is 2. The molecular formula is C12H20N2O2S. The van der Waals surface area contributed by atoms with Gasteiger partial charge in [0.1, 0.15) is 0 Å². The molecular weight excluding hydrogens is 236 g/mol. The van der Waals surface area contributed by atoms with Gasteiger partial charge in [0, 0.05) is 18.0 Å². The third-order valence-electron chi connectivity index (χ3n) is 2.54. The van der Waals surface area contributed by atoms with Crippen LogP contribution in [0, 0.1) is 0 Å². The zero-order chi connectivity index (χ0) is 13.0. The molecule has 1 heterocycles. The zero-order valence-corrected chi connectivity index (χ0v) is 11.6. The average Bonchev–Trinajstić information content (AvgIpc) is 2.66. The number of hydrogen-bond donors (Lipinski definition) is 1. The quantitative estimate of drug-likeness (QED) is 0.850. The van der Waals surface area contributed by atoms with Gasteiger partial charge in [-0.3, -0.25) is 4.79 Å². The molecule has 4 nitrogen and oxygen atoms in total. The first kappa shape index (κ1) is 14.0. The lowest BCUT2D eigenvalue weighted by atomic mass is 10.2. The van der Waals surface area contributed by atoms with Crippen LogP contribution in [0.1, 0.15) is 45.7 Å². The summed E-state index contributed by atoms with van der Waals surface area (Å²) in [6, 6.07) is 0.264. The van der Waals surface area contributed by atoms with Crippen LogP contribution >= 0.6 is 11.3 Å². The first-order valence-corrected chi connectivity index (χ1v) is 6.73. The predicted octanol–water partition coefficient (Wildman–Crippen LogP) is 2.96. The van der Waals surface area contributed by atoms with Gasteiger partial charge in [-0.15, -0.1) is 11.3 Å². The summed E-state index contributed by atoms with van der Waals surface area (Å²) in [7, 11) is 0. The Morgan fingerprint density at radius 1 is 1.47 bits per heavy atom. The Morgan fingerprint density at radius 2 is 2.12 bits per heavy atom. The highest BCUT2D eigenvalue weighted by molar-refractivity contribution is 7.13. The maximum absolute atomic E-state index is 10.6. The van der Waals surface area contributed by atoms with Crippen LogP contribution in [0.3, 0.4) is 0 Å². The molecule has 17 heavy (non-hydrogen) atoms. The molecule has 1 N–H and O–H groups in total. The molecule has 0 saturated carbocycles. The van der Waals surface area contributed by atoms with E-state index >= 15 is 0 Å². The zero-order valence-electron chi connectivity index (χ0n) is 10.8. The van der Waals surface area contributed by atoms with Crippen molar-refractivity contribution >= 4 is 22.4 Å². The average molecular weight is 256 g/mol. The van der Waals surface area contributed by atoms with E-state index in [4.69, 9.17) is 5.11 Å². The normalized spacial score (nSPS) is 11.2. The predicted molar refractivity (Wildman–Crippen MR) is 70.9 cm³/mol. The summed E-state index contributed by atoms with van der Waals surface area (Å²) >= 11 is 1.59. The topological polar surface area (TPSA) is 53.4 Å². The molecule has 1 aromatic heterocycles. The van der Waals surface area contributed by atoms with Crippen molar-refractivity contribution in [2.75, 3.05) is 11.4 Å². The minimum Gasteiger partial charge on any atom is -0.481 e. The van der Waals surface area contributed by atoms with Crippen molar-refractivity contribution in [1.29, 1.82) is 0 Å². The first-order chi connectivity index (χ1) is 7.91. The molecule has 0 unspecified atom stereocenters. The second kappa shape index (κ2) is 6.00. The number of carboxylic acid groups (broad SMARTS) is 1. The van der Waals surface area contributed by atoms with Crippen LogP contribution in [0.4, 0.5) is 5.13 Å². The van der Waals surface area contributed by atoms with Gasteiger partial charge in [0.05, 0.1) is 12.1 Å². The summed E-state index contributed by atoms with van der Waals surface area (Å²) in [5.74, 6) is -0.357. The smallest absolute Gasteiger partial charge is 0.305 e. The van der Waals surface area contributed by atoms with Crippen LogP contribution in [-0.2, 0) is 4.79 Å². The standard InChI is InChI=1S/C12H20N2O2S/c1-8(2)10-7-17-12(13-10)14(9(3)4)6-5-11(15)16/h7-9H,5-6H2,1-4H3,(H,15,16). The van der Waals surface area contributed by atoms with Crippen molar-refractivity contribution in [3.63, 3.8) is 0 Å². The summed E-state index contributed by atoms with van der Waals surface area (Å²) in [4.78, 5) is 17.2. The number of rotatable bonds is 6. The van der Waals surface area contributed by atoms with Crippen LogP contribution in [0.5, 0.6) is 0 Å². The summed E-state index contributed by atoms with van der Waals surface area (Å²) in [5, 5.41) is 11.7. The number of thiazole rings is 1. The Morgan fingerprint density at radius 3 is 2.53 bits per heavy atom. The highest BCUT2D eigenvalue weighted by atomic mass is 32.1. The van der Waals surface area contributed by atoms with Crippen molar-refractivity contribution in [1.82, 2.24) is 4.98 Å². The number of anilines is 1. The monoisotopic (exact) mass is 256 g/mol. The van der Waals surface area contributed by atoms with Crippen molar-refractivity contribution in [2.24, 2.45) is 0 Å². The van der Waals surface area contributed by atoms with E-state index in [-0.39, 0.29) is 12.5 Å². The molecule has 0 aromatic carbocycles. The van der Waals surface area contributed by atoms with Gasteiger partial charge < -0.3 is 10.0 Å². The number of hydrogen-bond acceptors (Lipinski definition) is 4. The molecule has 0 atom stereocenters. The fourth-order valence-electron chi connectivity index (χ4n) is 1.46. The Balaban J connectivity index is 2.78. The highest BCUT2D eigenvalue weighted by Gasteiger charge is 2.16. The molecule has 1 rings (SSSR count). The summed E-state index contributed by atoms with van der Waals surface area (Å²) in [6.07, 6.45) is 0.148. The summed E-state index contributed by atoms with van der Waals surface area (Å²) in [5.41, 5.74) is 1.07. The second-order valence-electron chi connectivity index (χ2n) is 4.64. The lowest BCUT2D eigenvalue weighted by Gasteiger charge is -2.25. The van der Waals surface area contributed by atoms with Gasteiger partial charge in [-0.05, 0) is 19.8 Å². The molecule has 1 aromatic rings. The van der Waals surface area contributed by atoms with E-state index in [0.717, 1.165) is 10.8 Å².